The van der Waals surface area contributed by atoms with Crippen LogP contribution in [-0.2, 0) is 0 Å². The molecule has 5 heteroatoms. The van der Waals surface area contributed by atoms with Gasteiger partial charge in [-0.3, -0.25) is 0 Å². The molecule has 0 radical (unpaired) electrons. The molecule has 5 nitrogen and oxygen atoms in total. The van der Waals surface area contributed by atoms with Crippen molar-refractivity contribution in [2.75, 3.05) is 22.9 Å². The topological polar surface area (TPSA) is 113 Å². The van der Waals surface area contributed by atoms with Crippen LogP contribution in [0.25, 0.3) is 0 Å². The van der Waals surface area contributed by atoms with E-state index in [4.69, 9.17) is 27.7 Å². The van der Waals surface area contributed by atoms with E-state index >= 15 is 0 Å². The van der Waals surface area contributed by atoms with Gasteiger partial charge in [-0.25, -0.2) is 0 Å². The number of anilines is 4. The highest BCUT2D eigenvalue weighted by molar-refractivity contribution is 5.67. The minimum atomic E-state index is 0.463. The first kappa shape index (κ1) is 11.9. The van der Waals surface area contributed by atoms with Gasteiger partial charge in [-0.2, -0.15) is 0 Å². The third-order valence-electron chi connectivity index (χ3n) is 2.66. The van der Waals surface area contributed by atoms with E-state index in [2.05, 4.69) is 0 Å². The molecule has 0 aliphatic heterocycles. The van der Waals surface area contributed by atoms with Gasteiger partial charge in [0, 0.05) is 23.5 Å². The number of hydrogen-bond donors (Lipinski definition) is 4. The van der Waals surface area contributed by atoms with Gasteiger partial charge in [0.15, 0.2) is 11.5 Å². The molecule has 8 N–H and O–H groups in total. The van der Waals surface area contributed by atoms with Gasteiger partial charge in [0.1, 0.15) is 0 Å². The second kappa shape index (κ2) is 4.37. The normalized spacial score (nSPS) is 10.3. The summed E-state index contributed by atoms with van der Waals surface area (Å²) in [5.41, 5.74) is 26.3. The molecule has 2 rings (SSSR count). The molecule has 0 fully saturated rings. The second-order valence-electron chi connectivity index (χ2n) is 4.15. The van der Waals surface area contributed by atoms with Crippen LogP contribution in [-0.4, -0.2) is 0 Å². The maximum atomic E-state index is 5.87. The summed E-state index contributed by atoms with van der Waals surface area (Å²) in [7, 11) is 0. The van der Waals surface area contributed by atoms with Crippen LogP contribution in [0.1, 0.15) is 5.56 Å². The van der Waals surface area contributed by atoms with E-state index in [1.165, 1.54) is 0 Å². The van der Waals surface area contributed by atoms with E-state index in [1.807, 2.05) is 6.92 Å². The monoisotopic (exact) mass is 244 g/mol. The molecule has 0 bridgehead atoms. The lowest BCUT2D eigenvalue weighted by Crippen LogP contribution is -1.99. The Hall–Kier alpha value is -2.56. The number of nitrogen functional groups attached to an aromatic ring is 4. The predicted octanol–water partition coefficient (Wildman–Crippen LogP) is 2.12. The minimum absolute atomic E-state index is 0.463. The molecule has 0 spiro atoms. The Morgan fingerprint density at radius 2 is 1.44 bits per heavy atom. The van der Waals surface area contributed by atoms with Crippen LogP contribution >= 0.6 is 0 Å². The smallest absolute Gasteiger partial charge is 0.152 e. The van der Waals surface area contributed by atoms with Crippen LogP contribution in [0.5, 0.6) is 11.5 Å². The van der Waals surface area contributed by atoms with Gasteiger partial charge in [0.2, 0.25) is 0 Å². The molecule has 2 aromatic rings. The lowest BCUT2D eigenvalue weighted by Gasteiger charge is -2.13. The zero-order valence-corrected chi connectivity index (χ0v) is 10.1. The van der Waals surface area contributed by atoms with Crippen molar-refractivity contribution < 1.29 is 4.74 Å². The molecular formula is C13H16N4O. The molecule has 0 unspecified atom stereocenters. The molecule has 0 saturated carbocycles. The van der Waals surface area contributed by atoms with Crippen molar-refractivity contribution in [2.24, 2.45) is 0 Å². The Morgan fingerprint density at radius 3 is 2.17 bits per heavy atom. The molecule has 18 heavy (non-hydrogen) atoms. The van der Waals surface area contributed by atoms with Crippen molar-refractivity contribution in [2.45, 2.75) is 6.92 Å². The largest absolute Gasteiger partial charge is 0.453 e. The molecule has 0 aliphatic carbocycles. The minimum Gasteiger partial charge on any atom is -0.453 e. The van der Waals surface area contributed by atoms with E-state index in [9.17, 15) is 0 Å². The Kier molecular flexibility index (Phi) is 2.89. The summed E-state index contributed by atoms with van der Waals surface area (Å²) in [6.45, 7) is 1.88. The van der Waals surface area contributed by atoms with Crippen LogP contribution < -0.4 is 27.7 Å². The lowest BCUT2D eigenvalue weighted by atomic mass is 10.1. The number of nitrogens with two attached hydrogens (primary N) is 4. The average molecular weight is 244 g/mol. The van der Waals surface area contributed by atoms with Crippen molar-refractivity contribution in [1.29, 1.82) is 0 Å². The molecule has 0 amide bonds. The van der Waals surface area contributed by atoms with Gasteiger partial charge in [-0.1, -0.05) is 0 Å². The third kappa shape index (κ3) is 2.24. The Morgan fingerprint density at radius 1 is 0.778 bits per heavy atom. The molecule has 0 aliphatic rings. The highest BCUT2D eigenvalue weighted by Crippen LogP contribution is 2.34. The summed E-state index contributed by atoms with van der Waals surface area (Å²) in [6.07, 6.45) is 0. The second-order valence-corrected chi connectivity index (χ2v) is 4.15. The Bertz CT molecular complexity index is 596. The molecule has 0 heterocycles. The predicted molar refractivity (Wildman–Crippen MR) is 75.3 cm³/mol. The molecule has 0 atom stereocenters. The fourth-order valence-electron chi connectivity index (χ4n) is 1.57. The SMILES string of the molecule is Cc1cc(N)c(Oc2cc(N)ccc2N)cc1N. The Balaban J connectivity index is 2.40. The molecular weight excluding hydrogens is 228 g/mol. The van der Waals surface area contributed by atoms with Crippen LogP contribution in [0.2, 0.25) is 0 Å². The molecule has 0 saturated heterocycles. The maximum Gasteiger partial charge on any atom is 0.152 e. The highest BCUT2D eigenvalue weighted by atomic mass is 16.5. The van der Waals surface area contributed by atoms with Crippen molar-refractivity contribution in [1.82, 2.24) is 0 Å². The fraction of sp³-hybridized carbons (Fsp3) is 0.0769. The molecule has 94 valence electrons. The zero-order valence-electron chi connectivity index (χ0n) is 10.1. The van der Waals surface area contributed by atoms with Crippen LogP contribution in [0.4, 0.5) is 22.7 Å². The summed E-state index contributed by atoms with van der Waals surface area (Å²) < 4.78 is 5.65. The van der Waals surface area contributed by atoms with Crippen molar-refractivity contribution in [3.05, 3.63) is 35.9 Å². The average Bonchev–Trinajstić information content (AvgIpc) is 2.30. The first-order valence-electron chi connectivity index (χ1n) is 5.46. The van der Waals surface area contributed by atoms with Crippen LogP contribution in [0.3, 0.4) is 0 Å². The summed E-state index contributed by atoms with van der Waals surface area (Å²) in [4.78, 5) is 0. The standard InChI is InChI=1S/C13H16N4O/c1-7-4-11(17)13(6-10(7)16)18-12-5-8(14)2-3-9(12)15/h2-6H,14-17H2,1H3. The van der Waals surface area contributed by atoms with Gasteiger partial charge in [0.05, 0.1) is 11.4 Å². The highest BCUT2D eigenvalue weighted by Gasteiger charge is 2.08. The third-order valence-corrected chi connectivity index (χ3v) is 2.66. The molecule has 0 aromatic heterocycles. The van der Waals surface area contributed by atoms with E-state index < -0.39 is 0 Å². The lowest BCUT2D eigenvalue weighted by molar-refractivity contribution is 0.488. The van der Waals surface area contributed by atoms with Gasteiger partial charge < -0.3 is 27.7 Å². The van der Waals surface area contributed by atoms with E-state index in [0.29, 0.717) is 34.2 Å². The molecule has 2 aromatic carbocycles. The van der Waals surface area contributed by atoms with Crippen molar-refractivity contribution >= 4 is 22.7 Å². The summed E-state index contributed by atoms with van der Waals surface area (Å²) in [6, 6.07) is 8.46. The zero-order chi connectivity index (χ0) is 13.3. The van der Waals surface area contributed by atoms with Gasteiger partial charge in [-0.15, -0.1) is 0 Å². The number of rotatable bonds is 2. The van der Waals surface area contributed by atoms with Gasteiger partial charge in [0.25, 0.3) is 0 Å². The first-order valence-corrected chi connectivity index (χ1v) is 5.46. The quantitative estimate of drug-likeness (QED) is 0.604. The van der Waals surface area contributed by atoms with Crippen LogP contribution in [0.15, 0.2) is 30.3 Å². The van der Waals surface area contributed by atoms with Crippen LogP contribution in [0, 0.1) is 6.92 Å². The summed E-state index contributed by atoms with van der Waals surface area (Å²) >= 11 is 0. The number of aryl methyl sites for hydroxylation is 1. The fourth-order valence-corrected chi connectivity index (χ4v) is 1.57. The van der Waals surface area contributed by atoms with E-state index in [-0.39, 0.29) is 0 Å². The number of benzene rings is 2. The maximum absolute atomic E-state index is 5.87. The van der Waals surface area contributed by atoms with E-state index in [0.717, 1.165) is 5.56 Å². The van der Waals surface area contributed by atoms with E-state index in [1.54, 1.807) is 30.3 Å². The van der Waals surface area contributed by atoms with Gasteiger partial charge in [-0.05, 0) is 30.7 Å². The van der Waals surface area contributed by atoms with Gasteiger partial charge >= 0.3 is 0 Å². The first-order chi connectivity index (χ1) is 8.47. The number of hydrogen-bond acceptors (Lipinski definition) is 5. The van der Waals surface area contributed by atoms with Crippen molar-refractivity contribution in [3.8, 4) is 11.5 Å². The summed E-state index contributed by atoms with van der Waals surface area (Å²) in [5.74, 6) is 0.931. The Labute approximate surface area is 105 Å². The number of ether oxygens (including phenoxy) is 1. The van der Waals surface area contributed by atoms with Crippen molar-refractivity contribution in [3.63, 3.8) is 0 Å². The summed E-state index contributed by atoms with van der Waals surface area (Å²) in [5, 5.41) is 0.